The van der Waals surface area contributed by atoms with Crippen LogP contribution in [0.1, 0.15) is 24.4 Å². The van der Waals surface area contributed by atoms with Crippen LogP contribution in [0.5, 0.6) is 0 Å². The molecule has 2 rings (SSSR count). The Morgan fingerprint density at radius 2 is 2.28 bits per heavy atom. The first-order valence-corrected chi connectivity index (χ1v) is 5.84. The van der Waals surface area contributed by atoms with Crippen LogP contribution in [0.4, 0.5) is 0 Å². The van der Waals surface area contributed by atoms with Gasteiger partial charge < -0.3 is 5.32 Å². The third-order valence-corrected chi connectivity index (χ3v) is 2.88. The molecular formula is C12H17N5O. The number of nitrogens with one attached hydrogen (secondary N) is 1. The molecule has 0 bridgehead atoms. The lowest BCUT2D eigenvalue weighted by Crippen LogP contribution is -2.31. The minimum absolute atomic E-state index is 0.0562. The van der Waals surface area contributed by atoms with E-state index in [-0.39, 0.29) is 11.9 Å². The van der Waals surface area contributed by atoms with Crippen LogP contribution in [0, 0.1) is 6.92 Å². The molecule has 0 saturated heterocycles. The number of rotatable bonds is 4. The van der Waals surface area contributed by atoms with Crippen molar-refractivity contribution in [2.75, 3.05) is 0 Å². The molecule has 1 unspecified atom stereocenters. The first kappa shape index (κ1) is 12.3. The minimum Gasteiger partial charge on any atom is -0.349 e. The van der Waals surface area contributed by atoms with E-state index in [4.69, 9.17) is 0 Å². The van der Waals surface area contributed by atoms with Gasteiger partial charge in [-0.3, -0.25) is 14.2 Å². The second kappa shape index (κ2) is 5.03. The van der Waals surface area contributed by atoms with Crippen molar-refractivity contribution in [1.29, 1.82) is 0 Å². The summed E-state index contributed by atoms with van der Waals surface area (Å²) in [6.45, 7) is 4.20. The Bertz CT molecular complexity index is 542. The lowest BCUT2D eigenvalue weighted by Gasteiger charge is -2.12. The molecule has 0 spiro atoms. The van der Waals surface area contributed by atoms with E-state index >= 15 is 0 Å². The van der Waals surface area contributed by atoms with Crippen molar-refractivity contribution in [1.82, 2.24) is 24.9 Å². The quantitative estimate of drug-likeness (QED) is 0.869. The number of carbonyl (C=O) groups excluding carboxylic acids is 1. The van der Waals surface area contributed by atoms with E-state index in [1.54, 1.807) is 15.6 Å². The van der Waals surface area contributed by atoms with Gasteiger partial charge in [0.2, 0.25) is 5.91 Å². The molecule has 6 nitrogen and oxygen atoms in total. The summed E-state index contributed by atoms with van der Waals surface area (Å²) in [7, 11) is 1.85. The monoisotopic (exact) mass is 247 g/mol. The zero-order valence-electron chi connectivity index (χ0n) is 10.8. The maximum Gasteiger partial charge on any atom is 0.244 e. The fourth-order valence-electron chi connectivity index (χ4n) is 1.67. The molecule has 2 heterocycles. The smallest absolute Gasteiger partial charge is 0.244 e. The van der Waals surface area contributed by atoms with Gasteiger partial charge in [0.15, 0.2) is 0 Å². The second-order valence-electron chi connectivity index (χ2n) is 4.28. The highest BCUT2D eigenvalue weighted by Gasteiger charge is 2.15. The minimum atomic E-state index is -0.313. The average molecular weight is 247 g/mol. The molecule has 0 aliphatic rings. The van der Waals surface area contributed by atoms with E-state index in [0.717, 1.165) is 11.4 Å². The van der Waals surface area contributed by atoms with Gasteiger partial charge in [0.25, 0.3) is 0 Å². The van der Waals surface area contributed by atoms with Gasteiger partial charge in [0, 0.05) is 19.4 Å². The highest BCUT2D eigenvalue weighted by Crippen LogP contribution is 2.06. The highest BCUT2D eigenvalue weighted by atomic mass is 16.2. The van der Waals surface area contributed by atoms with Crippen LogP contribution in [-0.2, 0) is 18.4 Å². The zero-order valence-corrected chi connectivity index (χ0v) is 10.8. The Kier molecular flexibility index (Phi) is 3.45. The maximum absolute atomic E-state index is 12.0. The summed E-state index contributed by atoms with van der Waals surface area (Å²) < 4.78 is 3.40. The molecule has 2 aromatic heterocycles. The standard InChI is InChI=1S/C12H17N5O/c1-9-5-7-17(15-9)10(2)12(18)13-8-11-4-6-14-16(11)3/h4-7,10H,8H2,1-3H3,(H,13,18). The number of hydrogen-bond donors (Lipinski definition) is 1. The molecule has 6 heteroatoms. The SMILES string of the molecule is Cc1ccn(C(C)C(=O)NCc2ccnn2C)n1. The van der Waals surface area contributed by atoms with Crippen LogP contribution < -0.4 is 5.32 Å². The Labute approximate surface area is 106 Å². The number of aryl methyl sites for hydroxylation is 2. The lowest BCUT2D eigenvalue weighted by molar-refractivity contribution is -0.124. The fourth-order valence-corrected chi connectivity index (χ4v) is 1.67. The Morgan fingerprint density at radius 3 is 2.83 bits per heavy atom. The molecule has 2 aromatic rings. The number of aromatic nitrogens is 4. The number of carbonyl (C=O) groups is 1. The predicted molar refractivity (Wildman–Crippen MR) is 66.7 cm³/mol. The third kappa shape index (κ3) is 2.58. The van der Waals surface area contributed by atoms with Crippen molar-refractivity contribution >= 4 is 5.91 Å². The van der Waals surface area contributed by atoms with Crippen LogP contribution in [0.15, 0.2) is 24.5 Å². The van der Waals surface area contributed by atoms with Crippen LogP contribution >= 0.6 is 0 Å². The molecule has 0 aliphatic carbocycles. The molecule has 1 N–H and O–H groups in total. The predicted octanol–water partition coefficient (Wildman–Crippen LogP) is 0.802. The van der Waals surface area contributed by atoms with Crippen molar-refractivity contribution in [3.63, 3.8) is 0 Å². The molecule has 0 fully saturated rings. The van der Waals surface area contributed by atoms with Gasteiger partial charge in [-0.1, -0.05) is 0 Å². The fraction of sp³-hybridized carbons (Fsp3) is 0.417. The first-order chi connectivity index (χ1) is 8.58. The summed E-state index contributed by atoms with van der Waals surface area (Å²) in [6, 6.07) is 3.44. The van der Waals surface area contributed by atoms with Gasteiger partial charge in [-0.15, -0.1) is 0 Å². The van der Waals surface area contributed by atoms with Gasteiger partial charge in [-0.2, -0.15) is 10.2 Å². The van der Waals surface area contributed by atoms with E-state index in [1.807, 2.05) is 39.2 Å². The zero-order chi connectivity index (χ0) is 13.1. The molecule has 0 aromatic carbocycles. The molecule has 96 valence electrons. The largest absolute Gasteiger partial charge is 0.349 e. The van der Waals surface area contributed by atoms with E-state index in [2.05, 4.69) is 15.5 Å². The molecular weight excluding hydrogens is 230 g/mol. The number of amides is 1. The highest BCUT2D eigenvalue weighted by molar-refractivity contribution is 5.79. The summed E-state index contributed by atoms with van der Waals surface area (Å²) in [4.78, 5) is 12.0. The maximum atomic E-state index is 12.0. The van der Waals surface area contributed by atoms with E-state index < -0.39 is 0 Å². The normalized spacial score (nSPS) is 12.4. The molecule has 0 radical (unpaired) electrons. The van der Waals surface area contributed by atoms with Crippen molar-refractivity contribution < 1.29 is 4.79 Å². The van der Waals surface area contributed by atoms with Crippen molar-refractivity contribution in [3.8, 4) is 0 Å². The topological polar surface area (TPSA) is 64.7 Å². The molecule has 1 amide bonds. The van der Waals surface area contributed by atoms with Crippen molar-refractivity contribution in [2.24, 2.45) is 7.05 Å². The summed E-state index contributed by atoms with van der Waals surface area (Å²) in [5, 5.41) is 11.2. The molecule has 0 saturated carbocycles. The Hall–Kier alpha value is -2.11. The third-order valence-electron chi connectivity index (χ3n) is 2.88. The van der Waals surface area contributed by atoms with E-state index in [0.29, 0.717) is 6.54 Å². The number of nitrogens with zero attached hydrogens (tertiary/aromatic N) is 4. The molecule has 1 atom stereocenters. The van der Waals surface area contributed by atoms with Crippen LogP contribution in [0.3, 0.4) is 0 Å². The lowest BCUT2D eigenvalue weighted by atomic mass is 10.3. The van der Waals surface area contributed by atoms with Gasteiger partial charge in [0.05, 0.1) is 17.9 Å². The summed E-state index contributed by atoms with van der Waals surface area (Å²) in [5.74, 6) is -0.0562. The van der Waals surface area contributed by atoms with Gasteiger partial charge in [-0.05, 0) is 26.0 Å². The van der Waals surface area contributed by atoms with Crippen molar-refractivity contribution in [2.45, 2.75) is 26.4 Å². The summed E-state index contributed by atoms with van der Waals surface area (Å²) >= 11 is 0. The number of hydrogen-bond acceptors (Lipinski definition) is 3. The van der Waals surface area contributed by atoms with Crippen LogP contribution in [-0.4, -0.2) is 25.5 Å². The van der Waals surface area contributed by atoms with E-state index in [9.17, 15) is 4.79 Å². The molecule has 18 heavy (non-hydrogen) atoms. The summed E-state index contributed by atoms with van der Waals surface area (Å²) in [5.41, 5.74) is 1.87. The van der Waals surface area contributed by atoms with Crippen molar-refractivity contribution in [3.05, 3.63) is 35.9 Å². The van der Waals surface area contributed by atoms with E-state index in [1.165, 1.54) is 0 Å². The van der Waals surface area contributed by atoms with Crippen LogP contribution in [0.25, 0.3) is 0 Å². The van der Waals surface area contributed by atoms with Gasteiger partial charge >= 0.3 is 0 Å². The summed E-state index contributed by atoms with van der Waals surface area (Å²) in [6.07, 6.45) is 3.52. The average Bonchev–Trinajstić information content (AvgIpc) is 2.94. The second-order valence-corrected chi connectivity index (χ2v) is 4.28. The van der Waals surface area contributed by atoms with Gasteiger partial charge in [-0.25, -0.2) is 0 Å². The molecule has 0 aliphatic heterocycles. The Balaban J connectivity index is 1.94. The van der Waals surface area contributed by atoms with Gasteiger partial charge in [0.1, 0.15) is 6.04 Å². The first-order valence-electron chi connectivity index (χ1n) is 5.84. The Morgan fingerprint density at radius 1 is 1.50 bits per heavy atom. The van der Waals surface area contributed by atoms with Crippen LogP contribution in [0.2, 0.25) is 0 Å².